The number of likely N-dealkylation sites (N-methyl/N-ethyl adjacent to an activating group) is 1. The van der Waals surface area contributed by atoms with E-state index in [2.05, 4.69) is 53.6 Å². The maximum Gasteiger partial charge on any atom is 0.191 e. The molecule has 0 bridgehead atoms. The monoisotopic (exact) mass is 334 g/mol. The maximum absolute atomic E-state index is 4.48. The summed E-state index contributed by atoms with van der Waals surface area (Å²) in [7, 11) is 8.22. The Morgan fingerprint density at radius 2 is 1.88 bits per heavy atom. The van der Waals surface area contributed by atoms with Crippen molar-refractivity contribution in [2.45, 2.75) is 58.0 Å². The van der Waals surface area contributed by atoms with E-state index >= 15 is 0 Å². The van der Waals surface area contributed by atoms with E-state index in [1.165, 1.54) is 43.4 Å². The molecule has 2 N–H and O–H groups in total. The Labute approximate surface area is 146 Å². The van der Waals surface area contributed by atoms with E-state index in [0.717, 1.165) is 24.7 Å². The summed E-state index contributed by atoms with van der Waals surface area (Å²) in [5.74, 6) is 0.865. The predicted octanol–water partition coefficient (Wildman–Crippen LogP) is 1.97. The molecule has 1 heterocycles. The van der Waals surface area contributed by atoms with Crippen molar-refractivity contribution in [1.29, 1.82) is 0 Å². The first-order valence-electron chi connectivity index (χ1n) is 9.00. The molecule has 1 fully saturated rings. The minimum absolute atomic E-state index is 0.246. The van der Waals surface area contributed by atoms with E-state index in [4.69, 9.17) is 0 Å². The summed E-state index contributed by atoms with van der Waals surface area (Å²) in [6, 6.07) is 0. The molecule has 24 heavy (non-hydrogen) atoms. The molecule has 1 aliphatic carbocycles. The molecule has 6 heteroatoms. The number of hydrogen-bond donors (Lipinski definition) is 2. The fraction of sp³-hybridized carbons (Fsp3) is 0.778. The average Bonchev–Trinajstić information content (AvgIpc) is 2.81. The summed E-state index contributed by atoms with van der Waals surface area (Å²) in [6.07, 6.45) is 6.51. The Kier molecular flexibility index (Phi) is 6.27. The lowest BCUT2D eigenvalue weighted by Gasteiger charge is -2.43. The van der Waals surface area contributed by atoms with Crippen molar-refractivity contribution in [2.24, 2.45) is 12.0 Å². The van der Waals surface area contributed by atoms with Crippen LogP contribution in [0.15, 0.2) is 4.99 Å². The number of nitrogens with zero attached hydrogens (tertiary/aromatic N) is 4. The van der Waals surface area contributed by atoms with Gasteiger partial charge in [-0.25, -0.2) is 0 Å². The fourth-order valence-electron chi connectivity index (χ4n) is 3.71. The molecule has 6 nitrogen and oxygen atoms in total. The molecule has 0 saturated heterocycles. The molecule has 1 aromatic rings. The lowest BCUT2D eigenvalue weighted by Crippen LogP contribution is -2.55. The van der Waals surface area contributed by atoms with Crippen molar-refractivity contribution in [2.75, 3.05) is 27.7 Å². The first-order valence-corrected chi connectivity index (χ1v) is 9.00. The average molecular weight is 335 g/mol. The van der Waals surface area contributed by atoms with Gasteiger partial charge in [0.05, 0.1) is 5.69 Å². The third-order valence-corrected chi connectivity index (χ3v) is 5.63. The minimum atomic E-state index is 0.246. The molecule has 0 aliphatic heterocycles. The lowest BCUT2D eigenvalue weighted by atomic mass is 9.80. The molecule has 0 amide bonds. The van der Waals surface area contributed by atoms with Crippen LogP contribution in [0.1, 0.15) is 49.1 Å². The number of rotatable bonds is 5. The zero-order valence-electron chi connectivity index (χ0n) is 16.2. The molecule has 2 rings (SSSR count). The van der Waals surface area contributed by atoms with Gasteiger partial charge in [-0.2, -0.15) is 5.10 Å². The number of nitrogens with one attached hydrogen (secondary N) is 2. The van der Waals surface area contributed by atoms with Gasteiger partial charge in [0.1, 0.15) is 0 Å². The van der Waals surface area contributed by atoms with Crippen LogP contribution in [0.4, 0.5) is 0 Å². The summed E-state index contributed by atoms with van der Waals surface area (Å²) in [5, 5.41) is 11.5. The van der Waals surface area contributed by atoms with Gasteiger partial charge in [-0.3, -0.25) is 9.67 Å². The number of aliphatic imine (C=N–C) groups is 1. The first-order chi connectivity index (χ1) is 11.4. The zero-order chi connectivity index (χ0) is 17.7. The highest BCUT2D eigenvalue weighted by Gasteiger charge is 2.34. The van der Waals surface area contributed by atoms with Crippen LogP contribution in [0.3, 0.4) is 0 Å². The van der Waals surface area contributed by atoms with Crippen molar-refractivity contribution >= 4 is 5.96 Å². The van der Waals surface area contributed by atoms with Crippen LogP contribution in [-0.4, -0.2) is 53.9 Å². The van der Waals surface area contributed by atoms with Crippen LogP contribution >= 0.6 is 0 Å². The number of guanidine groups is 1. The summed E-state index contributed by atoms with van der Waals surface area (Å²) in [6.45, 7) is 5.85. The van der Waals surface area contributed by atoms with Crippen LogP contribution in [0, 0.1) is 13.8 Å². The van der Waals surface area contributed by atoms with Gasteiger partial charge < -0.3 is 15.5 Å². The second-order valence-corrected chi connectivity index (χ2v) is 7.23. The van der Waals surface area contributed by atoms with E-state index in [9.17, 15) is 0 Å². The standard InChI is InChI=1S/C18H34N6/c1-14-16(15(2)24(6)22-14)12-20-17(19-3)21-13-18(23(4)5)10-8-7-9-11-18/h7-13H2,1-6H3,(H2,19,20,21). The molecule has 1 aliphatic rings. The number of aromatic nitrogens is 2. The third-order valence-electron chi connectivity index (χ3n) is 5.63. The minimum Gasteiger partial charge on any atom is -0.355 e. The van der Waals surface area contributed by atoms with Crippen molar-refractivity contribution in [3.63, 3.8) is 0 Å². The van der Waals surface area contributed by atoms with E-state index < -0.39 is 0 Å². The SMILES string of the molecule is CN=C(NCc1c(C)nn(C)c1C)NCC1(N(C)C)CCCCC1. The van der Waals surface area contributed by atoms with Crippen molar-refractivity contribution in [3.05, 3.63) is 17.0 Å². The van der Waals surface area contributed by atoms with Gasteiger partial charge in [0.15, 0.2) is 5.96 Å². The van der Waals surface area contributed by atoms with Gasteiger partial charge in [-0.1, -0.05) is 19.3 Å². The Balaban J connectivity index is 1.94. The highest BCUT2D eigenvalue weighted by Crippen LogP contribution is 2.31. The lowest BCUT2D eigenvalue weighted by molar-refractivity contribution is 0.104. The highest BCUT2D eigenvalue weighted by molar-refractivity contribution is 5.79. The molecule has 1 saturated carbocycles. The highest BCUT2D eigenvalue weighted by atomic mass is 15.3. The van der Waals surface area contributed by atoms with Crippen molar-refractivity contribution in [1.82, 2.24) is 25.3 Å². The summed E-state index contributed by atoms with van der Waals surface area (Å²) in [4.78, 5) is 6.78. The summed E-state index contributed by atoms with van der Waals surface area (Å²) >= 11 is 0. The molecule has 0 radical (unpaired) electrons. The zero-order valence-corrected chi connectivity index (χ0v) is 16.2. The van der Waals surface area contributed by atoms with Crippen LogP contribution < -0.4 is 10.6 Å². The van der Waals surface area contributed by atoms with Crippen LogP contribution in [0.25, 0.3) is 0 Å². The second-order valence-electron chi connectivity index (χ2n) is 7.23. The maximum atomic E-state index is 4.48. The molecular formula is C18H34N6. The van der Waals surface area contributed by atoms with E-state index in [-0.39, 0.29) is 5.54 Å². The van der Waals surface area contributed by atoms with E-state index in [1.807, 2.05) is 18.8 Å². The van der Waals surface area contributed by atoms with Crippen molar-refractivity contribution < 1.29 is 0 Å². The molecule has 0 aromatic carbocycles. The van der Waals surface area contributed by atoms with Gasteiger partial charge in [0, 0.05) is 44.0 Å². The van der Waals surface area contributed by atoms with E-state index in [1.54, 1.807) is 0 Å². The topological polar surface area (TPSA) is 57.5 Å². The van der Waals surface area contributed by atoms with Gasteiger partial charge in [0.25, 0.3) is 0 Å². The van der Waals surface area contributed by atoms with Crippen LogP contribution in [0.2, 0.25) is 0 Å². The van der Waals surface area contributed by atoms with Gasteiger partial charge >= 0.3 is 0 Å². The molecule has 1 aromatic heterocycles. The Bertz CT molecular complexity index is 566. The quantitative estimate of drug-likeness (QED) is 0.638. The normalized spacial score (nSPS) is 18.0. The molecule has 0 atom stereocenters. The fourth-order valence-corrected chi connectivity index (χ4v) is 3.71. The Hall–Kier alpha value is -1.56. The van der Waals surface area contributed by atoms with E-state index in [0.29, 0.717) is 0 Å². The first kappa shape index (κ1) is 18.8. The van der Waals surface area contributed by atoms with Crippen LogP contribution in [-0.2, 0) is 13.6 Å². The van der Waals surface area contributed by atoms with Gasteiger partial charge in [0.2, 0.25) is 0 Å². The largest absolute Gasteiger partial charge is 0.355 e. The molecule has 0 spiro atoms. The van der Waals surface area contributed by atoms with Crippen LogP contribution in [0.5, 0.6) is 0 Å². The molecular weight excluding hydrogens is 300 g/mol. The van der Waals surface area contributed by atoms with Gasteiger partial charge in [-0.05, 0) is 40.8 Å². The predicted molar refractivity (Wildman–Crippen MR) is 100 cm³/mol. The number of hydrogen-bond acceptors (Lipinski definition) is 3. The summed E-state index contributed by atoms with van der Waals surface area (Å²) in [5.41, 5.74) is 3.78. The van der Waals surface area contributed by atoms with Gasteiger partial charge in [-0.15, -0.1) is 0 Å². The van der Waals surface area contributed by atoms with Crippen molar-refractivity contribution in [3.8, 4) is 0 Å². The summed E-state index contributed by atoms with van der Waals surface area (Å²) < 4.78 is 1.94. The second kappa shape index (κ2) is 8.01. The Morgan fingerprint density at radius 1 is 1.21 bits per heavy atom. The smallest absolute Gasteiger partial charge is 0.191 e. The Morgan fingerprint density at radius 3 is 2.38 bits per heavy atom. The molecule has 136 valence electrons. The molecule has 0 unspecified atom stereocenters. The third kappa shape index (κ3) is 4.09. The number of aryl methyl sites for hydroxylation is 2.